The van der Waals surface area contributed by atoms with Crippen LogP contribution < -0.4 is 9.64 Å². The van der Waals surface area contributed by atoms with Crippen LogP contribution in [0.15, 0.2) is 78.9 Å². The smallest absolute Gasteiger partial charge is 0.268 e. The summed E-state index contributed by atoms with van der Waals surface area (Å²) >= 11 is 0. The number of nitrogens with zero attached hydrogens (tertiary/aromatic N) is 1. The van der Waals surface area contributed by atoms with Crippen LogP contribution in [0.1, 0.15) is 12.0 Å². The Bertz CT molecular complexity index is 922. The normalized spacial score (nSPS) is 16.0. The molecule has 1 aliphatic heterocycles. The first-order valence-electron chi connectivity index (χ1n) is 9.08. The number of benzene rings is 3. The first-order valence-corrected chi connectivity index (χ1v) is 9.08. The molecule has 1 heterocycles. The molecular weight excluding hydrogens is 338 g/mol. The van der Waals surface area contributed by atoms with E-state index >= 15 is 0 Å². The third kappa shape index (κ3) is 3.57. The number of ether oxygens (including phenoxy) is 1. The molecule has 0 saturated heterocycles. The maximum atomic E-state index is 12.9. The van der Waals surface area contributed by atoms with Crippen LogP contribution in [0.25, 0.3) is 11.1 Å². The van der Waals surface area contributed by atoms with Gasteiger partial charge >= 0.3 is 0 Å². The Kier molecular flexibility index (Phi) is 4.90. The lowest BCUT2D eigenvalue weighted by atomic mass is 10.0. The fourth-order valence-corrected chi connectivity index (χ4v) is 3.35. The molecule has 0 fully saturated rings. The van der Waals surface area contributed by atoms with Crippen molar-refractivity contribution < 1.29 is 14.6 Å². The van der Waals surface area contributed by atoms with Gasteiger partial charge in [0.1, 0.15) is 5.75 Å². The molecule has 0 saturated carbocycles. The number of rotatable bonds is 5. The van der Waals surface area contributed by atoms with Crippen LogP contribution in [-0.4, -0.2) is 23.7 Å². The Labute approximate surface area is 158 Å². The van der Waals surface area contributed by atoms with E-state index in [2.05, 4.69) is 36.4 Å². The van der Waals surface area contributed by atoms with Crippen LogP contribution in [0, 0.1) is 0 Å². The van der Waals surface area contributed by atoms with Crippen LogP contribution in [0.3, 0.4) is 0 Å². The van der Waals surface area contributed by atoms with Crippen molar-refractivity contribution in [2.24, 2.45) is 0 Å². The quantitative estimate of drug-likeness (QED) is 0.748. The largest absolute Gasteiger partial charge is 0.478 e. The van der Waals surface area contributed by atoms with Gasteiger partial charge in [-0.1, -0.05) is 66.7 Å². The van der Waals surface area contributed by atoms with E-state index in [0.717, 1.165) is 16.8 Å². The molecule has 0 radical (unpaired) electrons. The molecule has 1 amide bonds. The Morgan fingerprint density at radius 2 is 1.52 bits per heavy atom. The summed E-state index contributed by atoms with van der Waals surface area (Å²) in [7, 11) is 0. The highest BCUT2D eigenvalue weighted by Crippen LogP contribution is 2.35. The first-order chi connectivity index (χ1) is 13.3. The van der Waals surface area contributed by atoms with Crippen molar-refractivity contribution in [1.29, 1.82) is 0 Å². The Morgan fingerprint density at radius 3 is 2.26 bits per heavy atom. The Morgan fingerprint density at radius 1 is 0.852 bits per heavy atom. The third-order valence-electron chi connectivity index (χ3n) is 4.76. The van der Waals surface area contributed by atoms with E-state index in [1.54, 1.807) is 4.90 Å². The molecule has 1 atom stereocenters. The summed E-state index contributed by atoms with van der Waals surface area (Å²) in [4.78, 5) is 14.6. The summed E-state index contributed by atoms with van der Waals surface area (Å²) in [6, 6.07) is 26.0. The van der Waals surface area contributed by atoms with Gasteiger partial charge < -0.3 is 14.7 Å². The molecule has 1 N–H and O–H groups in total. The highest BCUT2D eigenvalue weighted by Gasteiger charge is 2.33. The fourth-order valence-electron chi connectivity index (χ4n) is 3.35. The summed E-state index contributed by atoms with van der Waals surface area (Å²) in [5.74, 6) is 0.561. The number of aliphatic hydroxyl groups is 1. The molecule has 0 aliphatic carbocycles. The number of aliphatic hydroxyl groups excluding tert-OH is 1. The maximum absolute atomic E-state index is 12.9. The molecule has 4 rings (SSSR count). The average molecular weight is 359 g/mol. The van der Waals surface area contributed by atoms with Gasteiger partial charge in [0.2, 0.25) is 0 Å². The molecular formula is C23H21NO3. The Hall–Kier alpha value is -3.11. The van der Waals surface area contributed by atoms with Crippen molar-refractivity contribution in [1.82, 2.24) is 0 Å². The molecule has 0 bridgehead atoms. The van der Waals surface area contributed by atoms with Gasteiger partial charge in [-0.15, -0.1) is 0 Å². The van der Waals surface area contributed by atoms with E-state index in [-0.39, 0.29) is 18.9 Å². The zero-order chi connectivity index (χ0) is 18.6. The SMILES string of the molecule is O=C1C(CCO)Oc2ccccc2N1Cc1ccc(-c2ccccc2)cc1. The van der Waals surface area contributed by atoms with Gasteiger partial charge in [0.05, 0.1) is 12.2 Å². The van der Waals surface area contributed by atoms with Crippen LogP contribution in [0.2, 0.25) is 0 Å². The van der Waals surface area contributed by atoms with E-state index in [1.165, 1.54) is 5.56 Å². The predicted octanol–water partition coefficient (Wildman–Crippen LogP) is 4.03. The fraction of sp³-hybridized carbons (Fsp3) is 0.174. The number of carbonyl (C=O) groups is 1. The molecule has 27 heavy (non-hydrogen) atoms. The second-order valence-corrected chi connectivity index (χ2v) is 6.57. The second kappa shape index (κ2) is 7.64. The standard InChI is InChI=1S/C23H21NO3/c25-15-14-22-23(26)24(20-8-4-5-9-21(20)27-22)16-17-10-12-19(13-11-17)18-6-2-1-3-7-18/h1-13,22,25H,14-16H2. The van der Waals surface area contributed by atoms with E-state index in [0.29, 0.717) is 12.3 Å². The maximum Gasteiger partial charge on any atom is 0.268 e. The van der Waals surface area contributed by atoms with E-state index < -0.39 is 6.10 Å². The van der Waals surface area contributed by atoms with Gasteiger partial charge in [-0.3, -0.25) is 4.79 Å². The third-order valence-corrected chi connectivity index (χ3v) is 4.76. The van der Waals surface area contributed by atoms with E-state index in [4.69, 9.17) is 4.74 Å². The minimum absolute atomic E-state index is 0.0851. The van der Waals surface area contributed by atoms with Crippen molar-refractivity contribution in [2.45, 2.75) is 19.1 Å². The molecule has 1 aliphatic rings. The second-order valence-electron chi connectivity index (χ2n) is 6.57. The molecule has 3 aromatic rings. The van der Waals surface area contributed by atoms with Gasteiger partial charge in [0, 0.05) is 13.0 Å². The lowest BCUT2D eigenvalue weighted by Gasteiger charge is -2.34. The lowest BCUT2D eigenvalue weighted by molar-refractivity contribution is -0.127. The molecule has 1 unspecified atom stereocenters. The molecule has 4 nitrogen and oxygen atoms in total. The van der Waals surface area contributed by atoms with Crippen LogP contribution in [0.4, 0.5) is 5.69 Å². The summed E-state index contributed by atoms with van der Waals surface area (Å²) < 4.78 is 5.78. The summed E-state index contributed by atoms with van der Waals surface area (Å²) in [6.45, 7) is 0.383. The monoisotopic (exact) mass is 359 g/mol. The van der Waals surface area contributed by atoms with Gasteiger partial charge in [-0.2, -0.15) is 0 Å². The number of hydrogen-bond donors (Lipinski definition) is 1. The van der Waals surface area contributed by atoms with Gasteiger partial charge in [-0.25, -0.2) is 0 Å². The molecule has 0 spiro atoms. The van der Waals surface area contributed by atoms with Crippen molar-refractivity contribution in [3.05, 3.63) is 84.4 Å². The molecule has 4 heteroatoms. The minimum Gasteiger partial charge on any atom is -0.478 e. The molecule has 0 aromatic heterocycles. The predicted molar refractivity (Wildman–Crippen MR) is 106 cm³/mol. The van der Waals surface area contributed by atoms with Crippen molar-refractivity contribution in [2.75, 3.05) is 11.5 Å². The minimum atomic E-state index is -0.645. The number of para-hydroxylation sites is 2. The molecule has 3 aromatic carbocycles. The lowest BCUT2D eigenvalue weighted by Crippen LogP contribution is -2.45. The average Bonchev–Trinajstić information content (AvgIpc) is 2.72. The highest BCUT2D eigenvalue weighted by atomic mass is 16.5. The van der Waals surface area contributed by atoms with Crippen LogP contribution in [-0.2, 0) is 11.3 Å². The van der Waals surface area contributed by atoms with Gasteiger partial charge in [0.25, 0.3) is 5.91 Å². The van der Waals surface area contributed by atoms with E-state index in [1.807, 2.05) is 42.5 Å². The zero-order valence-electron chi connectivity index (χ0n) is 14.9. The Balaban J connectivity index is 1.60. The van der Waals surface area contributed by atoms with Crippen LogP contribution in [0.5, 0.6) is 5.75 Å². The number of fused-ring (bicyclic) bond motifs is 1. The number of amides is 1. The highest BCUT2D eigenvalue weighted by molar-refractivity contribution is 5.99. The number of hydrogen-bond acceptors (Lipinski definition) is 3. The molecule has 136 valence electrons. The van der Waals surface area contributed by atoms with Crippen molar-refractivity contribution >= 4 is 11.6 Å². The number of carbonyl (C=O) groups excluding carboxylic acids is 1. The number of anilines is 1. The summed E-state index contributed by atoms with van der Waals surface area (Å²) in [6.07, 6.45) is -0.357. The van der Waals surface area contributed by atoms with Gasteiger partial charge in [0.15, 0.2) is 6.10 Å². The first kappa shape index (κ1) is 17.3. The summed E-state index contributed by atoms with van der Waals surface area (Å²) in [5, 5.41) is 9.25. The van der Waals surface area contributed by atoms with Crippen molar-refractivity contribution in [3.8, 4) is 16.9 Å². The zero-order valence-corrected chi connectivity index (χ0v) is 14.9. The van der Waals surface area contributed by atoms with Crippen molar-refractivity contribution in [3.63, 3.8) is 0 Å². The van der Waals surface area contributed by atoms with Crippen LogP contribution >= 0.6 is 0 Å². The summed E-state index contributed by atoms with van der Waals surface area (Å²) in [5.41, 5.74) is 4.12. The van der Waals surface area contributed by atoms with Gasteiger partial charge in [-0.05, 0) is 28.8 Å². The topological polar surface area (TPSA) is 49.8 Å². The van der Waals surface area contributed by atoms with E-state index in [9.17, 15) is 9.90 Å².